The first-order valence-electron chi connectivity index (χ1n) is 5.78. The molecule has 1 aromatic heterocycles. The number of carbonyl (C=O) groups excluding carboxylic acids is 1. The zero-order chi connectivity index (χ0) is 12.4. The first kappa shape index (κ1) is 11.6. The molecule has 3 heteroatoms. The lowest BCUT2D eigenvalue weighted by Gasteiger charge is -2.05. The summed E-state index contributed by atoms with van der Waals surface area (Å²) in [5.41, 5.74) is 5.10. The fraction of sp³-hybridized carbons (Fsp3) is 0.286. The number of benzene rings is 1. The van der Waals surface area contributed by atoms with Crippen molar-refractivity contribution >= 4 is 6.29 Å². The summed E-state index contributed by atoms with van der Waals surface area (Å²) in [6.45, 7) is 6.21. The summed E-state index contributed by atoms with van der Waals surface area (Å²) in [4.78, 5) is 10.8. The number of aldehydes is 1. The van der Waals surface area contributed by atoms with E-state index in [1.165, 1.54) is 5.56 Å². The molecule has 1 heterocycles. The van der Waals surface area contributed by atoms with Crippen LogP contribution in [0.5, 0.6) is 0 Å². The number of carbonyl (C=O) groups is 1. The van der Waals surface area contributed by atoms with E-state index in [2.05, 4.69) is 18.9 Å². The van der Waals surface area contributed by atoms with E-state index < -0.39 is 0 Å². The molecule has 0 unspecified atom stereocenters. The highest BCUT2D eigenvalue weighted by Crippen LogP contribution is 2.18. The van der Waals surface area contributed by atoms with Gasteiger partial charge in [0.25, 0.3) is 0 Å². The monoisotopic (exact) mass is 228 g/mol. The standard InChI is InChI=1S/C14H16N2O/c1-4-14-10(2)15-16(11(14)3)13-7-5-6-12(8-13)9-17/h5-9H,4H2,1-3H3. The molecule has 2 rings (SSSR count). The Morgan fingerprint density at radius 3 is 2.71 bits per heavy atom. The molecule has 0 N–H and O–H groups in total. The van der Waals surface area contributed by atoms with Crippen molar-refractivity contribution in [2.75, 3.05) is 0 Å². The van der Waals surface area contributed by atoms with Gasteiger partial charge in [0.05, 0.1) is 11.4 Å². The summed E-state index contributed by atoms with van der Waals surface area (Å²) in [5.74, 6) is 0. The quantitative estimate of drug-likeness (QED) is 0.757. The van der Waals surface area contributed by atoms with Crippen molar-refractivity contribution in [2.45, 2.75) is 27.2 Å². The zero-order valence-corrected chi connectivity index (χ0v) is 10.4. The topological polar surface area (TPSA) is 34.9 Å². The van der Waals surface area contributed by atoms with Crippen LogP contribution in [0.1, 0.15) is 34.2 Å². The van der Waals surface area contributed by atoms with Crippen molar-refractivity contribution in [3.63, 3.8) is 0 Å². The Morgan fingerprint density at radius 1 is 1.35 bits per heavy atom. The molecule has 0 saturated carbocycles. The van der Waals surface area contributed by atoms with Gasteiger partial charge in [-0.05, 0) is 38.0 Å². The summed E-state index contributed by atoms with van der Waals surface area (Å²) in [7, 11) is 0. The fourth-order valence-corrected chi connectivity index (χ4v) is 2.17. The van der Waals surface area contributed by atoms with Gasteiger partial charge < -0.3 is 0 Å². The number of hydrogen-bond acceptors (Lipinski definition) is 2. The van der Waals surface area contributed by atoms with Crippen LogP contribution in [-0.2, 0) is 6.42 Å². The Labute approximate surface area is 101 Å². The average Bonchev–Trinajstić information content (AvgIpc) is 2.64. The third kappa shape index (κ3) is 2.00. The van der Waals surface area contributed by atoms with Gasteiger partial charge in [0.15, 0.2) is 0 Å². The molecule has 88 valence electrons. The minimum Gasteiger partial charge on any atom is -0.298 e. The highest BCUT2D eigenvalue weighted by molar-refractivity contribution is 5.75. The third-order valence-corrected chi connectivity index (χ3v) is 3.05. The largest absolute Gasteiger partial charge is 0.298 e. The molecule has 17 heavy (non-hydrogen) atoms. The lowest BCUT2D eigenvalue weighted by atomic mass is 10.1. The van der Waals surface area contributed by atoms with Crippen molar-refractivity contribution in [1.82, 2.24) is 9.78 Å². The normalized spacial score (nSPS) is 10.5. The van der Waals surface area contributed by atoms with E-state index in [4.69, 9.17) is 0 Å². The first-order chi connectivity index (χ1) is 8.17. The molecule has 0 aliphatic carbocycles. The molecular formula is C14H16N2O. The minimum absolute atomic E-state index is 0.674. The van der Waals surface area contributed by atoms with Crippen molar-refractivity contribution in [3.8, 4) is 5.69 Å². The highest BCUT2D eigenvalue weighted by atomic mass is 16.1. The second-order valence-corrected chi connectivity index (χ2v) is 4.13. The highest BCUT2D eigenvalue weighted by Gasteiger charge is 2.10. The fourth-order valence-electron chi connectivity index (χ4n) is 2.17. The molecule has 0 radical (unpaired) electrons. The van der Waals surface area contributed by atoms with E-state index >= 15 is 0 Å². The summed E-state index contributed by atoms with van der Waals surface area (Å²) in [6.07, 6.45) is 1.83. The van der Waals surface area contributed by atoms with Crippen LogP contribution in [0.15, 0.2) is 24.3 Å². The summed E-state index contributed by atoms with van der Waals surface area (Å²) >= 11 is 0. The second kappa shape index (κ2) is 4.53. The van der Waals surface area contributed by atoms with Gasteiger partial charge in [-0.3, -0.25) is 4.79 Å². The number of aryl methyl sites for hydroxylation is 1. The molecule has 0 spiro atoms. The van der Waals surface area contributed by atoms with Crippen LogP contribution in [-0.4, -0.2) is 16.1 Å². The van der Waals surface area contributed by atoms with E-state index in [9.17, 15) is 4.79 Å². The molecule has 3 nitrogen and oxygen atoms in total. The minimum atomic E-state index is 0.674. The number of rotatable bonds is 3. The van der Waals surface area contributed by atoms with Crippen molar-refractivity contribution in [1.29, 1.82) is 0 Å². The maximum absolute atomic E-state index is 10.8. The van der Waals surface area contributed by atoms with Gasteiger partial charge in [0.2, 0.25) is 0 Å². The van der Waals surface area contributed by atoms with Crippen molar-refractivity contribution < 1.29 is 4.79 Å². The number of aromatic nitrogens is 2. The van der Waals surface area contributed by atoms with E-state index in [1.807, 2.05) is 29.8 Å². The molecule has 0 amide bonds. The number of hydrogen-bond donors (Lipinski definition) is 0. The van der Waals surface area contributed by atoms with Gasteiger partial charge in [-0.1, -0.05) is 19.1 Å². The lowest BCUT2D eigenvalue weighted by Crippen LogP contribution is -2.00. The van der Waals surface area contributed by atoms with Crippen LogP contribution in [0.25, 0.3) is 5.69 Å². The van der Waals surface area contributed by atoms with E-state index in [1.54, 1.807) is 6.07 Å². The van der Waals surface area contributed by atoms with Gasteiger partial charge in [0.1, 0.15) is 6.29 Å². The van der Waals surface area contributed by atoms with Crippen LogP contribution in [0.4, 0.5) is 0 Å². The third-order valence-electron chi connectivity index (χ3n) is 3.05. The molecule has 0 bridgehead atoms. The van der Waals surface area contributed by atoms with E-state index in [0.717, 1.165) is 29.8 Å². The second-order valence-electron chi connectivity index (χ2n) is 4.13. The Morgan fingerprint density at radius 2 is 2.12 bits per heavy atom. The van der Waals surface area contributed by atoms with Crippen LogP contribution in [0, 0.1) is 13.8 Å². The van der Waals surface area contributed by atoms with Gasteiger partial charge in [-0.25, -0.2) is 4.68 Å². The Bertz CT molecular complexity index is 555. The van der Waals surface area contributed by atoms with Gasteiger partial charge >= 0.3 is 0 Å². The smallest absolute Gasteiger partial charge is 0.150 e. The summed E-state index contributed by atoms with van der Waals surface area (Å²) in [6, 6.07) is 7.49. The van der Waals surface area contributed by atoms with Crippen LogP contribution in [0.3, 0.4) is 0 Å². The molecular weight excluding hydrogens is 212 g/mol. The Kier molecular flexibility index (Phi) is 3.09. The molecule has 0 atom stereocenters. The van der Waals surface area contributed by atoms with E-state index in [0.29, 0.717) is 5.56 Å². The Balaban J connectivity index is 2.56. The van der Waals surface area contributed by atoms with E-state index in [-0.39, 0.29) is 0 Å². The zero-order valence-electron chi connectivity index (χ0n) is 10.4. The van der Waals surface area contributed by atoms with Gasteiger partial charge in [0, 0.05) is 11.3 Å². The molecule has 2 aromatic rings. The van der Waals surface area contributed by atoms with Crippen molar-refractivity contribution in [3.05, 3.63) is 46.8 Å². The van der Waals surface area contributed by atoms with Crippen molar-refractivity contribution in [2.24, 2.45) is 0 Å². The molecule has 0 saturated heterocycles. The summed E-state index contributed by atoms with van der Waals surface area (Å²) < 4.78 is 1.90. The predicted octanol–water partition coefficient (Wildman–Crippen LogP) is 2.86. The van der Waals surface area contributed by atoms with Gasteiger partial charge in [-0.2, -0.15) is 5.10 Å². The SMILES string of the molecule is CCc1c(C)nn(-c2cccc(C=O)c2)c1C. The molecule has 0 aliphatic rings. The predicted molar refractivity (Wildman–Crippen MR) is 67.8 cm³/mol. The van der Waals surface area contributed by atoms with Crippen LogP contribution < -0.4 is 0 Å². The van der Waals surface area contributed by atoms with Crippen LogP contribution in [0.2, 0.25) is 0 Å². The van der Waals surface area contributed by atoms with Crippen LogP contribution >= 0.6 is 0 Å². The lowest BCUT2D eigenvalue weighted by molar-refractivity contribution is 0.112. The maximum atomic E-state index is 10.8. The molecule has 0 fully saturated rings. The first-order valence-corrected chi connectivity index (χ1v) is 5.78. The molecule has 0 aliphatic heterocycles. The van der Waals surface area contributed by atoms with Gasteiger partial charge in [-0.15, -0.1) is 0 Å². The number of nitrogens with zero attached hydrogens (tertiary/aromatic N) is 2. The maximum Gasteiger partial charge on any atom is 0.150 e. The Hall–Kier alpha value is -1.90. The summed E-state index contributed by atoms with van der Waals surface area (Å²) in [5, 5.41) is 4.53. The average molecular weight is 228 g/mol. The molecule has 1 aromatic carbocycles.